The summed E-state index contributed by atoms with van der Waals surface area (Å²) in [6.07, 6.45) is 3.34. The first kappa shape index (κ1) is 14.3. The predicted octanol–water partition coefficient (Wildman–Crippen LogP) is 4.59. The van der Waals surface area contributed by atoms with Crippen LogP contribution in [-0.4, -0.2) is 11.0 Å². The highest BCUT2D eigenvalue weighted by atomic mass is 79.9. The van der Waals surface area contributed by atoms with Crippen LogP contribution in [0.25, 0.3) is 0 Å². The van der Waals surface area contributed by atoms with E-state index in [0.717, 1.165) is 23.2 Å². The summed E-state index contributed by atoms with van der Waals surface area (Å²) in [6.45, 7) is 4.54. The van der Waals surface area contributed by atoms with Crippen molar-refractivity contribution in [1.82, 2.24) is 0 Å². The van der Waals surface area contributed by atoms with Crippen LogP contribution in [0.2, 0.25) is 0 Å². The molecular formula is C14H19BrN2O2. The van der Waals surface area contributed by atoms with Gasteiger partial charge in [-0.25, -0.2) is 0 Å². The van der Waals surface area contributed by atoms with Crippen LogP contribution in [0, 0.1) is 22.0 Å². The van der Waals surface area contributed by atoms with Crippen molar-refractivity contribution < 1.29 is 4.92 Å². The Morgan fingerprint density at radius 1 is 1.32 bits per heavy atom. The van der Waals surface area contributed by atoms with Crippen LogP contribution >= 0.6 is 15.9 Å². The van der Waals surface area contributed by atoms with Gasteiger partial charge in [0.1, 0.15) is 5.69 Å². The fourth-order valence-electron chi connectivity index (χ4n) is 2.68. The Morgan fingerprint density at radius 2 is 2.05 bits per heavy atom. The number of nitro groups is 1. The van der Waals surface area contributed by atoms with Gasteiger partial charge in [-0.3, -0.25) is 10.1 Å². The highest BCUT2D eigenvalue weighted by Gasteiger charge is 2.26. The Morgan fingerprint density at radius 3 is 2.68 bits per heavy atom. The summed E-state index contributed by atoms with van der Waals surface area (Å²) in [5, 5.41) is 14.4. The Bertz CT molecular complexity index is 479. The van der Waals surface area contributed by atoms with Gasteiger partial charge in [-0.15, -0.1) is 0 Å². The zero-order chi connectivity index (χ0) is 14.0. The SMILES string of the molecule is CC1CCC(Nc2ccc(Br)cc2[N+](=O)[O-])CC1C. The highest BCUT2D eigenvalue weighted by Crippen LogP contribution is 2.34. The van der Waals surface area contributed by atoms with E-state index in [4.69, 9.17) is 0 Å². The largest absolute Gasteiger partial charge is 0.377 e. The van der Waals surface area contributed by atoms with E-state index in [1.165, 1.54) is 6.42 Å². The van der Waals surface area contributed by atoms with Crippen molar-refractivity contribution in [1.29, 1.82) is 0 Å². The van der Waals surface area contributed by atoms with Gasteiger partial charge in [0.05, 0.1) is 4.92 Å². The fraction of sp³-hybridized carbons (Fsp3) is 0.571. The summed E-state index contributed by atoms with van der Waals surface area (Å²) in [5.74, 6) is 1.42. The molecule has 1 aromatic rings. The van der Waals surface area contributed by atoms with Crippen LogP contribution in [0.15, 0.2) is 22.7 Å². The number of nitro benzene ring substituents is 1. The minimum absolute atomic E-state index is 0.139. The van der Waals surface area contributed by atoms with Gasteiger partial charge >= 0.3 is 0 Å². The molecule has 1 N–H and O–H groups in total. The topological polar surface area (TPSA) is 55.2 Å². The lowest BCUT2D eigenvalue weighted by Crippen LogP contribution is -2.30. The van der Waals surface area contributed by atoms with Crippen molar-refractivity contribution >= 4 is 27.3 Å². The zero-order valence-electron chi connectivity index (χ0n) is 11.2. The molecule has 0 bridgehead atoms. The number of anilines is 1. The minimum Gasteiger partial charge on any atom is -0.377 e. The summed E-state index contributed by atoms with van der Waals surface area (Å²) in [7, 11) is 0. The molecular weight excluding hydrogens is 308 g/mol. The van der Waals surface area contributed by atoms with E-state index in [9.17, 15) is 10.1 Å². The molecule has 2 rings (SSSR count). The number of rotatable bonds is 3. The highest BCUT2D eigenvalue weighted by molar-refractivity contribution is 9.10. The molecule has 0 radical (unpaired) electrons. The van der Waals surface area contributed by atoms with Gasteiger partial charge in [-0.2, -0.15) is 0 Å². The molecule has 0 aromatic heterocycles. The molecule has 104 valence electrons. The van der Waals surface area contributed by atoms with Gasteiger partial charge in [0.2, 0.25) is 0 Å². The van der Waals surface area contributed by atoms with Crippen molar-refractivity contribution in [3.8, 4) is 0 Å². The molecule has 3 unspecified atom stereocenters. The smallest absolute Gasteiger partial charge is 0.293 e. The third-order valence-electron chi connectivity index (χ3n) is 4.11. The molecule has 1 aliphatic rings. The van der Waals surface area contributed by atoms with Gasteiger partial charge in [0, 0.05) is 16.6 Å². The molecule has 19 heavy (non-hydrogen) atoms. The summed E-state index contributed by atoms with van der Waals surface area (Å²) in [6, 6.07) is 5.51. The van der Waals surface area contributed by atoms with Crippen LogP contribution in [0.4, 0.5) is 11.4 Å². The molecule has 1 saturated carbocycles. The number of halogens is 1. The summed E-state index contributed by atoms with van der Waals surface area (Å²) < 4.78 is 0.732. The summed E-state index contributed by atoms with van der Waals surface area (Å²) in [4.78, 5) is 10.7. The van der Waals surface area contributed by atoms with E-state index in [2.05, 4.69) is 35.1 Å². The van der Waals surface area contributed by atoms with Gasteiger partial charge in [-0.1, -0.05) is 29.8 Å². The lowest BCUT2D eigenvalue weighted by atomic mass is 9.79. The Kier molecular flexibility index (Phi) is 4.45. The quantitative estimate of drug-likeness (QED) is 0.652. The van der Waals surface area contributed by atoms with Gasteiger partial charge in [0.15, 0.2) is 0 Å². The number of nitrogens with one attached hydrogen (secondary N) is 1. The molecule has 1 aromatic carbocycles. The molecule has 1 fully saturated rings. The van der Waals surface area contributed by atoms with E-state index in [-0.39, 0.29) is 10.6 Å². The Balaban J connectivity index is 2.13. The van der Waals surface area contributed by atoms with Crippen molar-refractivity contribution in [3.05, 3.63) is 32.8 Å². The van der Waals surface area contributed by atoms with Crippen LogP contribution < -0.4 is 5.32 Å². The van der Waals surface area contributed by atoms with Crippen LogP contribution in [0.3, 0.4) is 0 Å². The average molecular weight is 327 g/mol. The predicted molar refractivity (Wildman–Crippen MR) is 80.4 cm³/mol. The van der Waals surface area contributed by atoms with E-state index in [0.29, 0.717) is 17.6 Å². The summed E-state index contributed by atoms with van der Waals surface area (Å²) >= 11 is 3.28. The van der Waals surface area contributed by atoms with E-state index < -0.39 is 0 Å². The van der Waals surface area contributed by atoms with Crippen LogP contribution in [0.1, 0.15) is 33.1 Å². The van der Waals surface area contributed by atoms with Gasteiger partial charge < -0.3 is 5.32 Å². The maximum Gasteiger partial charge on any atom is 0.293 e. The van der Waals surface area contributed by atoms with E-state index >= 15 is 0 Å². The third-order valence-corrected chi connectivity index (χ3v) is 4.61. The number of hydrogen-bond acceptors (Lipinski definition) is 3. The monoisotopic (exact) mass is 326 g/mol. The normalized spacial score (nSPS) is 27.0. The van der Waals surface area contributed by atoms with Crippen LogP contribution in [-0.2, 0) is 0 Å². The molecule has 3 atom stereocenters. The second-order valence-corrected chi connectivity index (χ2v) is 6.44. The van der Waals surface area contributed by atoms with Crippen molar-refractivity contribution in [2.24, 2.45) is 11.8 Å². The molecule has 0 saturated heterocycles. The Labute approximate surface area is 121 Å². The third kappa shape index (κ3) is 3.47. The second kappa shape index (κ2) is 5.90. The summed E-state index contributed by atoms with van der Waals surface area (Å²) in [5.41, 5.74) is 0.764. The molecule has 0 heterocycles. The number of nitrogens with zero attached hydrogens (tertiary/aromatic N) is 1. The van der Waals surface area contributed by atoms with Crippen LogP contribution in [0.5, 0.6) is 0 Å². The molecule has 4 nitrogen and oxygen atoms in total. The van der Waals surface area contributed by atoms with Gasteiger partial charge in [-0.05, 0) is 43.2 Å². The Hall–Kier alpha value is -1.10. The van der Waals surface area contributed by atoms with E-state index in [1.807, 2.05) is 6.07 Å². The second-order valence-electron chi connectivity index (χ2n) is 5.53. The first-order valence-corrected chi connectivity index (χ1v) is 7.47. The van der Waals surface area contributed by atoms with E-state index in [1.54, 1.807) is 12.1 Å². The lowest BCUT2D eigenvalue weighted by molar-refractivity contribution is -0.384. The first-order chi connectivity index (χ1) is 8.97. The standard InChI is InChI=1S/C14H19BrN2O2/c1-9-3-5-12(7-10(9)2)16-13-6-4-11(15)8-14(13)17(18)19/h4,6,8-10,12,16H,3,5,7H2,1-2H3. The molecule has 0 amide bonds. The molecule has 0 aliphatic heterocycles. The van der Waals surface area contributed by atoms with Gasteiger partial charge in [0.25, 0.3) is 5.69 Å². The maximum absolute atomic E-state index is 11.1. The fourth-order valence-corrected chi connectivity index (χ4v) is 3.03. The maximum atomic E-state index is 11.1. The number of hydrogen-bond donors (Lipinski definition) is 1. The average Bonchev–Trinajstić information content (AvgIpc) is 2.36. The zero-order valence-corrected chi connectivity index (χ0v) is 12.8. The first-order valence-electron chi connectivity index (χ1n) is 6.68. The van der Waals surface area contributed by atoms with Crippen molar-refractivity contribution in [2.45, 2.75) is 39.2 Å². The molecule has 0 spiro atoms. The lowest BCUT2D eigenvalue weighted by Gasteiger charge is -2.33. The van der Waals surface area contributed by atoms with Crippen molar-refractivity contribution in [2.75, 3.05) is 5.32 Å². The number of benzene rings is 1. The minimum atomic E-state index is -0.331. The van der Waals surface area contributed by atoms with Crippen molar-refractivity contribution in [3.63, 3.8) is 0 Å². The molecule has 1 aliphatic carbocycles. The molecule has 5 heteroatoms.